The van der Waals surface area contributed by atoms with Gasteiger partial charge in [-0.3, -0.25) is 9.78 Å². The second-order valence-corrected chi connectivity index (χ2v) is 11.6. The zero-order chi connectivity index (χ0) is 24.1. The summed E-state index contributed by atoms with van der Waals surface area (Å²) in [7, 11) is 0. The lowest BCUT2D eigenvalue weighted by Crippen LogP contribution is -2.13. The van der Waals surface area contributed by atoms with Crippen LogP contribution in [0.1, 0.15) is 123 Å². The Labute approximate surface area is 208 Å². The standard InChI is InChI=1S/C32H45NO/c1-22(16-26-10-8-9-11-26)17-31(34)19-30-21-33-32(25(4)24(30)3)20-28-14-15-29(18-23(28)2)27-12-6-5-7-13-27/h14-15,18,21-22,26-27H,5-13,16-17,19-20H2,1-4H3. The fraction of sp³-hybridized carbons (Fsp3) is 0.625. The maximum absolute atomic E-state index is 12.8. The Hall–Kier alpha value is -1.96. The number of aromatic nitrogens is 1. The molecule has 2 aliphatic rings. The molecule has 0 N–H and O–H groups in total. The quantitative estimate of drug-likeness (QED) is 0.377. The zero-order valence-corrected chi connectivity index (χ0v) is 22.1. The van der Waals surface area contributed by atoms with E-state index in [0.29, 0.717) is 24.5 Å². The second-order valence-electron chi connectivity index (χ2n) is 11.6. The van der Waals surface area contributed by atoms with Crippen molar-refractivity contribution in [3.05, 3.63) is 63.5 Å². The van der Waals surface area contributed by atoms with Crippen molar-refractivity contribution < 1.29 is 4.79 Å². The van der Waals surface area contributed by atoms with E-state index in [9.17, 15) is 4.79 Å². The number of rotatable bonds is 9. The summed E-state index contributed by atoms with van der Waals surface area (Å²) in [6.07, 6.45) is 17.7. The number of benzene rings is 1. The number of carbonyl (C=O) groups excluding carboxylic acids is 1. The van der Waals surface area contributed by atoms with Gasteiger partial charge in [-0.2, -0.15) is 0 Å². The van der Waals surface area contributed by atoms with Crippen LogP contribution in [0, 0.1) is 32.6 Å². The van der Waals surface area contributed by atoms with E-state index in [0.717, 1.165) is 29.5 Å². The van der Waals surface area contributed by atoms with Gasteiger partial charge in [-0.25, -0.2) is 0 Å². The molecule has 2 fully saturated rings. The molecule has 0 spiro atoms. The van der Waals surface area contributed by atoms with Gasteiger partial charge in [-0.1, -0.05) is 70.1 Å². The highest BCUT2D eigenvalue weighted by Crippen LogP contribution is 2.34. The molecule has 1 unspecified atom stereocenters. The summed E-state index contributed by atoms with van der Waals surface area (Å²) in [6.45, 7) is 8.87. The number of hydrogen-bond acceptors (Lipinski definition) is 2. The van der Waals surface area contributed by atoms with Crippen molar-refractivity contribution in [3.8, 4) is 0 Å². The SMILES string of the molecule is Cc1cc(C2CCCCC2)ccc1Cc1ncc(CC(=O)CC(C)CC2CCCC2)c(C)c1C. The first kappa shape index (κ1) is 25.1. The van der Waals surface area contributed by atoms with E-state index in [-0.39, 0.29) is 0 Å². The fourth-order valence-corrected chi connectivity index (χ4v) is 6.52. The van der Waals surface area contributed by atoms with E-state index in [2.05, 4.69) is 45.9 Å². The summed E-state index contributed by atoms with van der Waals surface area (Å²) in [6, 6.07) is 7.12. The van der Waals surface area contributed by atoms with Crippen LogP contribution in [0.5, 0.6) is 0 Å². The fourth-order valence-electron chi connectivity index (χ4n) is 6.52. The van der Waals surface area contributed by atoms with Crippen LogP contribution < -0.4 is 0 Å². The molecule has 2 aromatic rings. The first-order chi connectivity index (χ1) is 16.4. The highest BCUT2D eigenvalue weighted by molar-refractivity contribution is 5.81. The van der Waals surface area contributed by atoms with E-state index < -0.39 is 0 Å². The lowest BCUT2D eigenvalue weighted by molar-refractivity contribution is -0.119. The average Bonchev–Trinajstić information content (AvgIpc) is 3.33. The summed E-state index contributed by atoms with van der Waals surface area (Å²) >= 11 is 0. The van der Waals surface area contributed by atoms with Crippen LogP contribution in [0.15, 0.2) is 24.4 Å². The lowest BCUT2D eigenvalue weighted by Gasteiger charge is -2.23. The van der Waals surface area contributed by atoms with Crippen molar-refractivity contribution in [2.45, 2.75) is 117 Å². The molecule has 2 heteroatoms. The van der Waals surface area contributed by atoms with E-state index in [1.54, 1.807) is 0 Å². The number of carbonyl (C=O) groups is 1. The number of nitrogens with zero attached hydrogens (tertiary/aromatic N) is 1. The molecule has 0 aliphatic heterocycles. The topological polar surface area (TPSA) is 30.0 Å². The normalized spacial score (nSPS) is 18.4. The molecule has 4 rings (SSSR count). The number of Topliss-reactive ketones (excluding diaryl/α,β-unsaturated/α-hetero) is 1. The molecular formula is C32H45NO. The molecule has 0 saturated heterocycles. The van der Waals surface area contributed by atoms with Gasteiger partial charge in [0.1, 0.15) is 5.78 Å². The van der Waals surface area contributed by atoms with Crippen molar-refractivity contribution in [3.63, 3.8) is 0 Å². The molecule has 34 heavy (non-hydrogen) atoms. The lowest BCUT2D eigenvalue weighted by atomic mass is 9.83. The number of ketones is 1. The van der Waals surface area contributed by atoms with Gasteiger partial charge in [0.2, 0.25) is 0 Å². The first-order valence-corrected chi connectivity index (χ1v) is 14.0. The first-order valence-electron chi connectivity index (χ1n) is 14.0. The van der Waals surface area contributed by atoms with Crippen molar-refractivity contribution >= 4 is 5.78 Å². The summed E-state index contributed by atoms with van der Waals surface area (Å²) in [4.78, 5) is 17.7. The summed E-state index contributed by atoms with van der Waals surface area (Å²) < 4.78 is 0. The molecule has 2 nitrogen and oxygen atoms in total. The van der Waals surface area contributed by atoms with Gasteiger partial charge in [-0.05, 0) is 91.2 Å². The largest absolute Gasteiger partial charge is 0.299 e. The maximum Gasteiger partial charge on any atom is 0.137 e. The predicted molar refractivity (Wildman–Crippen MR) is 143 cm³/mol. The van der Waals surface area contributed by atoms with Gasteiger partial charge < -0.3 is 0 Å². The minimum Gasteiger partial charge on any atom is -0.299 e. The van der Waals surface area contributed by atoms with Crippen molar-refractivity contribution in [2.75, 3.05) is 0 Å². The summed E-state index contributed by atoms with van der Waals surface area (Å²) in [5, 5.41) is 0. The van der Waals surface area contributed by atoms with Crippen molar-refractivity contribution in [1.29, 1.82) is 0 Å². The molecule has 1 atom stereocenters. The minimum atomic E-state index is 0.372. The molecule has 1 aromatic carbocycles. The molecule has 2 aliphatic carbocycles. The third kappa shape index (κ3) is 6.37. The average molecular weight is 460 g/mol. The smallest absolute Gasteiger partial charge is 0.137 e. The highest BCUT2D eigenvalue weighted by Gasteiger charge is 2.21. The van der Waals surface area contributed by atoms with Gasteiger partial charge in [-0.15, -0.1) is 0 Å². The van der Waals surface area contributed by atoms with Crippen LogP contribution >= 0.6 is 0 Å². The minimum absolute atomic E-state index is 0.372. The zero-order valence-electron chi connectivity index (χ0n) is 22.1. The Morgan fingerprint density at radius 2 is 1.65 bits per heavy atom. The second kappa shape index (κ2) is 11.6. The predicted octanol–water partition coefficient (Wildman–Crippen LogP) is 8.36. The van der Waals surface area contributed by atoms with Crippen molar-refractivity contribution in [1.82, 2.24) is 4.98 Å². The van der Waals surface area contributed by atoms with Crippen molar-refractivity contribution in [2.24, 2.45) is 11.8 Å². The maximum atomic E-state index is 12.8. The van der Waals surface area contributed by atoms with Crippen LogP contribution in [0.2, 0.25) is 0 Å². The molecule has 0 radical (unpaired) electrons. The van der Waals surface area contributed by atoms with E-state index in [4.69, 9.17) is 4.98 Å². The van der Waals surface area contributed by atoms with Gasteiger partial charge in [0.25, 0.3) is 0 Å². The van der Waals surface area contributed by atoms with Gasteiger partial charge in [0.05, 0.1) is 0 Å². The molecule has 1 heterocycles. The monoisotopic (exact) mass is 459 g/mol. The van der Waals surface area contributed by atoms with Crippen LogP contribution in [-0.4, -0.2) is 10.8 Å². The number of aryl methyl sites for hydroxylation is 1. The molecular weight excluding hydrogens is 414 g/mol. The summed E-state index contributed by atoms with van der Waals surface area (Å²) in [5.41, 5.74) is 9.05. The van der Waals surface area contributed by atoms with Crippen LogP contribution in [-0.2, 0) is 17.6 Å². The Bertz CT molecular complexity index is 979. The Morgan fingerprint density at radius 3 is 2.35 bits per heavy atom. The Morgan fingerprint density at radius 1 is 0.941 bits per heavy atom. The number of hydrogen-bond donors (Lipinski definition) is 0. The van der Waals surface area contributed by atoms with Gasteiger partial charge >= 0.3 is 0 Å². The number of pyridine rings is 1. The molecule has 0 amide bonds. The molecule has 1 aromatic heterocycles. The Kier molecular flexibility index (Phi) is 8.61. The van der Waals surface area contributed by atoms with Gasteiger partial charge in [0.15, 0.2) is 0 Å². The molecule has 0 bridgehead atoms. The van der Waals surface area contributed by atoms with E-state index in [1.165, 1.54) is 92.0 Å². The summed E-state index contributed by atoms with van der Waals surface area (Å²) in [5.74, 6) is 2.48. The van der Waals surface area contributed by atoms with Crippen LogP contribution in [0.4, 0.5) is 0 Å². The van der Waals surface area contributed by atoms with E-state index >= 15 is 0 Å². The van der Waals surface area contributed by atoms with Crippen LogP contribution in [0.25, 0.3) is 0 Å². The van der Waals surface area contributed by atoms with Gasteiger partial charge in [0, 0.05) is 31.2 Å². The highest BCUT2D eigenvalue weighted by atomic mass is 16.1. The van der Waals surface area contributed by atoms with Crippen LogP contribution in [0.3, 0.4) is 0 Å². The Balaban J connectivity index is 1.37. The van der Waals surface area contributed by atoms with E-state index in [1.807, 2.05) is 6.20 Å². The third-order valence-corrected chi connectivity index (χ3v) is 8.83. The molecule has 2 saturated carbocycles. The third-order valence-electron chi connectivity index (χ3n) is 8.83. The molecule has 184 valence electrons.